The molecule has 0 fully saturated rings. The monoisotopic (exact) mass is 252 g/mol. The summed E-state index contributed by atoms with van der Waals surface area (Å²) in [5.74, 6) is 0.256. The van der Waals surface area contributed by atoms with Gasteiger partial charge in [-0.15, -0.1) is 10.2 Å². The molecule has 0 N–H and O–H groups in total. The fourth-order valence-corrected chi connectivity index (χ4v) is 1.66. The number of pyridine rings is 1. The van der Waals surface area contributed by atoms with Gasteiger partial charge in [0, 0.05) is 23.5 Å². The molecule has 0 unspecified atom stereocenters. The molecule has 0 amide bonds. The van der Waals surface area contributed by atoms with E-state index in [0.717, 1.165) is 11.1 Å². The Labute approximate surface area is 109 Å². The lowest BCUT2D eigenvalue weighted by Gasteiger charge is -2.01. The molecule has 0 saturated carbocycles. The minimum absolute atomic E-state index is 0.280. The van der Waals surface area contributed by atoms with Gasteiger partial charge in [0.05, 0.1) is 6.20 Å². The average molecular weight is 252 g/mol. The molecule has 5 heteroatoms. The van der Waals surface area contributed by atoms with Crippen LogP contribution >= 0.6 is 0 Å². The second-order valence-corrected chi connectivity index (χ2v) is 3.91. The van der Waals surface area contributed by atoms with Gasteiger partial charge in [-0.1, -0.05) is 0 Å². The van der Waals surface area contributed by atoms with E-state index >= 15 is 0 Å². The maximum atomic E-state index is 12.8. The van der Waals surface area contributed by atoms with Gasteiger partial charge >= 0.3 is 0 Å². The first kappa shape index (κ1) is 11.4. The van der Waals surface area contributed by atoms with E-state index in [1.807, 2.05) is 12.1 Å². The highest BCUT2D eigenvalue weighted by Crippen LogP contribution is 2.17. The molecule has 2 heterocycles. The van der Waals surface area contributed by atoms with Crippen LogP contribution in [0.2, 0.25) is 0 Å². The first-order valence-electron chi connectivity index (χ1n) is 5.69. The van der Waals surface area contributed by atoms with E-state index < -0.39 is 0 Å². The van der Waals surface area contributed by atoms with Crippen LogP contribution in [0.15, 0.2) is 55.0 Å². The second kappa shape index (κ2) is 4.89. The number of aromatic nitrogens is 4. The van der Waals surface area contributed by atoms with Crippen molar-refractivity contribution in [1.29, 1.82) is 0 Å². The lowest BCUT2D eigenvalue weighted by atomic mass is 10.2. The van der Waals surface area contributed by atoms with E-state index in [9.17, 15) is 4.39 Å². The van der Waals surface area contributed by atoms with Gasteiger partial charge in [0.1, 0.15) is 11.5 Å². The van der Waals surface area contributed by atoms with Crippen LogP contribution in [0.25, 0.3) is 22.6 Å². The molecule has 19 heavy (non-hydrogen) atoms. The summed E-state index contributed by atoms with van der Waals surface area (Å²) in [5, 5.41) is 8.16. The van der Waals surface area contributed by atoms with Gasteiger partial charge in [0.2, 0.25) is 0 Å². The highest BCUT2D eigenvalue weighted by molar-refractivity contribution is 5.59. The normalized spacial score (nSPS) is 10.4. The van der Waals surface area contributed by atoms with Crippen molar-refractivity contribution in [2.45, 2.75) is 0 Å². The van der Waals surface area contributed by atoms with E-state index in [0.29, 0.717) is 11.5 Å². The minimum atomic E-state index is -0.280. The van der Waals surface area contributed by atoms with Gasteiger partial charge in [0.15, 0.2) is 5.82 Å². The van der Waals surface area contributed by atoms with Gasteiger partial charge in [-0.05, 0) is 36.4 Å². The standard InChI is InChI=1S/C14H9FN4/c15-12-3-1-10(2-4-12)13-9-17-14(19-18-13)11-5-7-16-8-6-11/h1-9H. The van der Waals surface area contributed by atoms with Crippen molar-refractivity contribution in [3.8, 4) is 22.6 Å². The van der Waals surface area contributed by atoms with E-state index in [2.05, 4.69) is 20.2 Å². The fraction of sp³-hybridized carbons (Fsp3) is 0. The van der Waals surface area contributed by atoms with E-state index in [1.54, 1.807) is 30.7 Å². The minimum Gasteiger partial charge on any atom is -0.265 e. The lowest BCUT2D eigenvalue weighted by molar-refractivity contribution is 0.628. The first-order chi connectivity index (χ1) is 9.33. The Balaban J connectivity index is 1.93. The summed E-state index contributed by atoms with van der Waals surface area (Å²) in [6.07, 6.45) is 4.97. The van der Waals surface area contributed by atoms with Crippen LogP contribution in [0.3, 0.4) is 0 Å². The molecule has 0 aliphatic rings. The maximum Gasteiger partial charge on any atom is 0.181 e. The molecular formula is C14H9FN4. The summed E-state index contributed by atoms with van der Waals surface area (Å²) in [6, 6.07) is 9.69. The molecule has 4 nitrogen and oxygen atoms in total. The Morgan fingerprint density at radius 1 is 0.789 bits per heavy atom. The van der Waals surface area contributed by atoms with Gasteiger partial charge in [-0.2, -0.15) is 0 Å². The van der Waals surface area contributed by atoms with Crippen molar-refractivity contribution in [1.82, 2.24) is 20.2 Å². The van der Waals surface area contributed by atoms with Crippen molar-refractivity contribution < 1.29 is 4.39 Å². The molecule has 92 valence electrons. The molecule has 0 saturated heterocycles. The van der Waals surface area contributed by atoms with Crippen LogP contribution in [0.1, 0.15) is 0 Å². The molecule has 0 spiro atoms. The summed E-state index contributed by atoms with van der Waals surface area (Å²) in [5.41, 5.74) is 2.24. The number of nitrogens with zero attached hydrogens (tertiary/aromatic N) is 4. The second-order valence-electron chi connectivity index (χ2n) is 3.91. The Kier molecular flexibility index (Phi) is 2.94. The zero-order chi connectivity index (χ0) is 13.1. The van der Waals surface area contributed by atoms with Crippen molar-refractivity contribution in [2.75, 3.05) is 0 Å². The maximum absolute atomic E-state index is 12.8. The third-order valence-electron chi connectivity index (χ3n) is 2.64. The predicted octanol–water partition coefficient (Wildman–Crippen LogP) is 2.74. The molecule has 0 bridgehead atoms. The average Bonchev–Trinajstić information content (AvgIpc) is 2.49. The summed E-state index contributed by atoms with van der Waals surface area (Å²) < 4.78 is 12.8. The SMILES string of the molecule is Fc1ccc(-c2cnc(-c3ccncc3)nn2)cc1. The molecule has 0 atom stereocenters. The Hall–Kier alpha value is -2.69. The molecule has 3 aromatic rings. The summed E-state index contributed by atoms with van der Waals surface area (Å²) in [7, 11) is 0. The first-order valence-corrected chi connectivity index (χ1v) is 5.69. The Morgan fingerprint density at radius 3 is 2.16 bits per heavy atom. The zero-order valence-electron chi connectivity index (χ0n) is 9.86. The summed E-state index contributed by atoms with van der Waals surface area (Å²) >= 11 is 0. The largest absolute Gasteiger partial charge is 0.265 e. The third-order valence-corrected chi connectivity index (χ3v) is 2.64. The van der Waals surface area contributed by atoms with Gasteiger partial charge < -0.3 is 0 Å². The van der Waals surface area contributed by atoms with Gasteiger partial charge in [0.25, 0.3) is 0 Å². The summed E-state index contributed by atoms with van der Waals surface area (Å²) in [6.45, 7) is 0. The zero-order valence-corrected chi connectivity index (χ0v) is 9.86. The predicted molar refractivity (Wildman–Crippen MR) is 68.5 cm³/mol. The Bertz CT molecular complexity index is 666. The van der Waals surface area contributed by atoms with Crippen LogP contribution in [-0.4, -0.2) is 20.2 Å². The van der Waals surface area contributed by atoms with Crippen LogP contribution in [0.5, 0.6) is 0 Å². The lowest BCUT2D eigenvalue weighted by Crippen LogP contribution is -1.94. The molecule has 0 aliphatic carbocycles. The van der Waals surface area contributed by atoms with Crippen molar-refractivity contribution in [3.05, 3.63) is 60.8 Å². The highest BCUT2D eigenvalue weighted by Gasteiger charge is 2.04. The van der Waals surface area contributed by atoms with Crippen LogP contribution in [0, 0.1) is 5.82 Å². The quantitative estimate of drug-likeness (QED) is 0.703. The smallest absolute Gasteiger partial charge is 0.181 e. The molecule has 1 aromatic carbocycles. The molecule has 3 rings (SSSR count). The van der Waals surface area contributed by atoms with Gasteiger partial charge in [-0.3, -0.25) is 4.98 Å². The fourth-order valence-electron chi connectivity index (χ4n) is 1.66. The molecule has 2 aromatic heterocycles. The number of rotatable bonds is 2. The Morgan fingerprint density at radius 2 is 1.53 bits per heavy atom. The highest BCUT2D eigenvalue weighted by atomic mass is 19.1. The molecular weight excluding hydrogens is 243 g/mol. The topological polar surface area (TPSA) is 51.6 Å². The molecule has 0 radical (unpaired) electrons. The third kappa shape index (κ3) is 2.44. The number of hydrogen-bond donors (Lipinski definition) is 0. The van der Waals surface area contributed by atoms with Crippen molar-refractivity contribution >= 4 is 0 Å². The van der Waals surface area contributed by atoms with Crippen LogP contribution in [-0.2, 0) is 0 Å². The number of benzene rings is 1. The van der Waals surface area contributed by atoms with Crippen molar-refractivity contribution in [2.24, 2.45) is 0 Å². The number of halogens is 1. The number of hydrogen-bond acceptors (Lipinski definition) is 4. The van der Waals surface area contributed by atoms with E-state index in [-0.39, 0.29) is 5.82 Å². The van der Waals surface area contributed by atoms with Crippen molar-refractivity contribution in [3.63, 3.8) is 0 Å². The van der Waals surface area contributed by atoms with Gasteiger partial charge in [-0.25, -0.2) is 9.37 Å². The summed E-state index contributed by atoms with van der Waals surface area (Å²) in [4.78, 5) is 8.19. The van der Waals surface area contributed by atoms with Crippen LogP contribution in [0.4, 0.5) is 4.39 Å². The van der Waals surface area contributed by atoms with Crippen LogP contribution < -0.4 is 0 Å². The van der Waals surface area contributed by atoms with E-state index in [1.165, 1.54) is 12.1 Å². The molecule has 0 aliphatic heterocycles. The van der Waals surface area contributed by atoms with E-state index in [4.69, 9.17) is 0 Å².